The van der Waals surface area contributed by atoms with Gasteiger partial charge in [0.25, 0.3) is 5.89 Å². The largest absolute Gasteiger partial charge is 0.381 e. The first-order valence-electron chi connectivity index (χ1n) is 9.16. The summed E-state index contributed by atoms with van der Waals surface area (Å²) >= 11 is 0. The van der Waals surface area contributed by atoms with Gasteiger partial charge in [0.15, 0.2) is 5.82 Å². The van der Waals surface area contributed by atoms with Crippen LogP contribution in [0.2, 0.25) is 0 Å². The maximum absolute atomic E-state index is 6.09. The summed E-state index contributed by atoms with van der Waals surface area (Å²) in [6.07, 6.45) is 4.92. The lowest BCUT2D eigenvalue weighted by Gasteiger charge is -2.43. The molecule has 2 aliphatic heterocycles. The average molecular weight is 343 g/mol. The minimum Gasteiger partial charge on any atom is -0.381 e. The van der Waals surface area contributed by atoms with Crippen molar-refractivity contribution in [2.45, 2.75) is 43.7 Å². The van der Waals surface area contributed by atoms with Crippen LogP contribution in [0, 0.1) is 0 Å². The lowest BCUT2D eigenvalue weighted by atomic mass is 9.84. The second kappa shape index (κ2) is 7.64. The van der Waals surface area contributed by atoms with E-state index in [4.69, 9.17) is 14.0 Å². The van der Waals surface area contributed by atoms with Crippen LogP contribution >= 0.6 is 0 Å². The SMILES string of the molecule is c1ccc(-c2nc(CCNC3CCOC4(CCOCC4)C3)no2)cc1. The van der Waals surface area contributed by atoms with Gasteiger partial charge in [-0.1, -0.05) is 23.4 Å². The number of rotatable bonds is 5. The highest BCUT2D eigenvalue weighted by Crippen LogP contribution is 2.34. The molecule has 2 aliphatic rings. The molecule has 0 amide bonds. The lowest BCUT2D eigenvalue weighted by molar-refractivity contribution is -0.140. The van der Waals surface area contributed by atoms with Gasteiger partial charge in [0.05, 0.1) is 5.60 Å². The van der Waals surface area contributed by atoms with Crippen LogP contribution in [0.5, 0.6) is 0 Å². The number of hydrogen-bond acceptors (Lipinski definition) is 6. The molecule has 25 heavy (non-hydrogen) atoms. The summed E-state index contributed by atoms with van der Waals surface area (Å²) in [5.41, 5.74) is 0.987. The molecule has 0 bridgehead atoms. The average Bonchev–Trinajstić information content (AvgIpc) is 3.12. The quantitative estimate of drug-likeness (QED) is 0.900. The summed E-state index contributed by atoms with van der Waals surface area (Å²) in [4.78, 5) is 4.49. The molecule has 3 heterocycles. The van der Waals surface area contributed by atoms with Crippen LogP contribution in [0.25, 0.3) is 11.5 Å². The summed E-state index contributed by atoms with van der Waals surface area (Å²) in [7, 11) is 0. The van der Waals surface area contributed by atoms with Crippen molar-refractivity contribution < 1.29 is 14.0 Å². The van der Waals surface area contributed by atoms with Crippen molar-refractivity contribution in [2.24, 2.45) is 0 Å². The van der Waals surface area contributed by atoms with Crippen molar-refractivity contribution in [3.63, 3.8) is 0 Å². The minimum absolute atomic E-state index is 0.0286. The first-order valence-corrected chi connectivity index (χ1v) is 9.16. The van der Waals surface area contributed by atoms with Gasteiger partial charge in [-0.15, -0.1) is 0 Å². The molecule has 1 unspecified atom stereocenters. The van der Waals surface area contributed by atoms with Crippen LogP contribution in [0.3, 0.4) is 0 Å². The molecule has 0 radical (unpaired) electrons. The fraction of sp³-hybridized carbons (Fsp3) is 0.579. The number of nitrogens with one attached hydrogen (secondary N) is 1. The highest BCUT2D eigenvalue weighted by molar-refractivity contribution is 5.51. The third kappa shape index (κ3) is 4.08. The van der Waals surface area contributed by atoms with Crippen molar-refractivity contribution in [1.29, 1.82) is 0 Å². The van der Waals surface area contributed by atoms with E-state index < -0.39 is 0 Å². The van der Waals surface area contributed by atoms with E-state index in [2.05, 4.69) is 15.5 Å². The first-order chi connectivity index (χ1) is 12.3. The van der Waals surface area contributed by atoms with Crippen molar-refractivity contribution in [2.75, 3.05) is 26.4 Å². The highest BCUT2D eigenvalue weighted by atomic mass is 16.5. The van der Waals surface area contributed by atoms with E-state index in [-0.39, 0.29) is 5.60 Å². The zero-order valence-corrected chi connectivity index (χ0v) is 14.4. The van der Waals surface area contributed by atoms with Gasteiger partial charge in [-0.05, 0) is 37.8 Å². The molecule has 2 saturated heterocycles. The summed E-state index contributed by atoms with van der Waals surface area (Å²) in [6.45, 7) is 3.32. The summed E-state index contributed by atoms with van der Waals surface area (Å²) in [5.74, 6) is 1.34. The summed E-state index contributed by atoms with van der Waals surface area (Å²) in [6, 6.07) is 10.4. The lowest BCUT2D eigenvalue weighted by Crippen LogP contribution is -2.50. The molecule has 6 nitrogen and oxygen atoms in total. The molecule has 4 rings (SSSR count). The van der Waals surface area contributed by atoms with Crippen LogP contribution in [-0.4, -0.2) is 48.1 Å². The summed E-state index contributed by atoms with van der Waals surface area (Å²) in [5, 5.41) is 7.74. The maximum Gasteiger partial charge on any atom is 0.257 e. The van der Waals surface area contributed by atoms with Gasteiger partial charge in [-0.3, -0.25) is 0 Å². The molecule has 134 valence electrons. The maximum atomic E-state index is 6.09. The van der Waals surface area contributed by atoms with E-state index in [1.807, 2.05) is 30.3 Å². The summed E-state index contributed by atoms with van der Waals surface area (Å²) < 4.78 is 16.9. The molecule has 2 fully saturated rings. The second-order valence-electron chi connectivity index (χ2n) is 6.92. The zero-order chi connectivity index (χ0) is 17.0. The number of ether oxygens (including phenoxy) is 2. The number of nitrogens with zero attached hydrogens (tertiary/aromatic N) is 2. The van der Waals surface area contributed by atoms with E-state index in [0.717, 1.165) is 69.9 Å². The predicted octanol–water partition coefficient (Wildman–Crippen LogP) is 2.60. The van der Waals surface area contributed by atoms with Gasteiger partial charge in [0.2, 0.25) is 0 Å². The third-order valence-electron chi connectivity index (χ3n) is 5.17. The number of aromatic nitrogens is 2. The van der Waals surface area contributed by atoms with Crippen LogP contribution in [0.1, 0.15) is 31.5 Å². The van der Waals surface area contributed by atoms with Crippen molar-refractivity contribution in [3.05, 3.63) is 36.2 Å². The van der Waals surface area contributed by atoms with E-state index >= 15 is 0 Å². The van der Waals surface area contributed by atoms with Gasteiger partial charge in [0, 0.05) is 44.4 Å². The van der Waals surface area contributed by atoms with Crippen LogP contribution in [0.4, 0.5) is 0 Å². The predicted molar refractivity (Wildman–Crippen MR) is 93.2 cm³/mol. The van der Waals surface area contributed by atoms with E-state index in [1.54, 1.807) is 0 Å². The van der Waals surface area contributed by atoms with E-state index in [1.165, 1.54) is 0 Å². The molecule has 1 N–H and O–H groups in total. The van der Waals surface area contributed by atoms with Crippen LogP contribution < -0.4 is 5.32 Å². The molecule has 2 aromatic rings. The Morgan fingerprint density at radius 1 is 1.12 bits per heavy atom. The molecule has 1 spiro atoms. The Bertz CT molecular complexity index is 662. The monoisotopic (exact) mass is 343 g/mol. The number of benzene rings is 1. The Morgan fingerprint density at radius 3 is 2.80 bits per heavy atom. The van der Waals surface area contributed by atoms with Crippen LogP contribution in [-0.2, 0) is 15.9 Å². The smallest absolute Gasteiger partial charge is 0.257 e. The van der Waals surface area contributed by atoms with E-state index in [0.29, 0.717) is 11.9 Å². The fourth-order valence-electron chi connectivity index (χ4n) is 3.74. The Hall–Kier alpha value is -1.76. The third-order valence-corrected chi connectivity index (χ3v) is 5.17. The zero-order valence-electron chi connectivity index (χ0n) is 14.4. The standard InChI is InChI=1S/C19H25N3O3/c1-2-4-15(5-3-1)18-21-17(22-25-18)6-10-20-16-7-11-24-19(14-16)8-12-23-13-9-19/h1-5,16,20H,6-14H2. The van der Waals surface area contributed by atoms with Gasteiger partial charge in [-0.25, -0.2) is 0 Å². The molecule has 1 aromatic carbocycles. The second-order valence-corrected chi connectivity index (χ2v) is 6.92. The van der Waals surface area contributed by atoms with Gasteiger partial charge in [0.1, 0.15) is 0 Å². The Balaban J connectivity index is 1.27. The normalized spacial score (nSPS) is 23.0. The minimum atomic E-state index is 0.0286. The molecule has 6 heteroatoms. The van der Waals surface area contributed by atoms with Crippen LogP contribution in [0.15, 0.2) is 34.9 Å². The van der Waals surface area contributed by atoms with Crippen molar-refractivity contribution in [1.82, 2.24) is 15.5 Å². The topological polar surface area (TPSA) is 69.4 Å². The molecule has 0 saturated carbocycles. The van der Waals surface area contributed by atoms with Gasteiger partial charge >= 0.3 is 0 Å². The van der Waals surface area contributed by atoms with Crippen molar-refractivity contribution >= 4 is 0 Å². The van der Waals surface area contributed by atoms with E-state index in [9.17, 15) is 0 Å². The highest BCUT2D eigenvalue weighted by Gasteiger charge is 2.38. The molecule has 1 atom stereocenters. The molecular formula is C19H25N3O3. The molecule has 1 aromatic heterocycles. The fourth-order valence-corrected chi connectivity index (χ4v) is 3.74. The van der Waals surface area contributed by atoms with Crippen molar-refractivity contribution in [3.8, 4) is 11.5 Å². The Kier molecular flexibility index (Phi) is 5.10. The molecule has 0 aliphatic carbocycles. The van der Waals surface area contributed by atoms with Gasteiger partial charge < -0.3 is 19.3 Å². The Morgan fingerprint density at radius 2 is 1.96 bits per heavy atom. The number of hydrogen-bond donors (Lipinski definition) is 1. The first kappa shape index (κ1) is 16.7. The molecular weight excluding hydrogens is 318 g/mol. The Labute approximate surface area is 147 Å². The van der Waals surface area contributed by atoms with Gasteiger partial charge in [-0.2, -0.15) is 4.98 Å².